The first-order valence-corrected chi connectivity index (χ1v) is 10.1. The summed E-state index contributed by atoms with van der Waals surface area (Å²) < 4.78 is 13.6. The van der Waals surface area contributed by atoms with Crippen molar-refractivity contribution in [1.29, 1.82) is 0 Å². The highest BCUT2D eigenvalue weighted by Gasteiger charge is 2.17. The van der Waals surface area contributed by atoms with Crippen LogP contribution in [-0.4, -0.2) is 22.8 Å². The number of aromatic nitrogens is 2. The summed E-state index contributed by atoms with van der Waals surface area (Å²) in [7, 11) is 0. The first kappa shape index (κ1) is 21.6. The van der Waals surface area contributed by atoms with E-state index in [4.69, 9.17) is 67.5 Å². The van der Waals surface area contributed by atoms with E-state index in [0.717, 1.165) is 5.56 Å². The summed E-state index contributed by atoms with van der Waals surface area (Å²) in [6.45, 7) is 1.10. The fourth-order valence-corrected chi connectivity index (χ4v) is 3.67. The molecule has 3 rings (SSSR count). The number of imidazole rings is 1. The van der Waals surface area contributed by atoms with Gasteiger partial charge in [0.2, 0.25) is 0 Å². The first-order valence-electron chi connectivity index (χ1n) is 8.23. The van der Waals surface area contributed by atoms with Crippen molar-refractivity contribution in [2.45, 2.75) is 12.6 Å². The number of hydrogen-bond donors (Lipinski definition) is 0. The number of benzene rings is 2. The number of rotatable bonds is 8. The molecule has 1 atom stereocenters. The fraction of sp³-hybridized carbons (Fsp3) is 0.211. The second-order valence-corrected chi connectivity index (χ2v) is 7.90. The molecule has 0 bridgehead atoms. The van der Waals surface area contributed by atoms with Crippen LogP contribution in [0.1, 0.15) is 11.7 Å². The van der Waals surface area contributed by atoms with E-state index >= 15 is 0 Å². The third-order valence-corrected chi connectivity index (χ3v) is 5.46. The Labute approximate surface area is 187 Å². The van der Waals surface area contributed by atoms with Gasteiger partial charge in [0.15, 0.2) is 0 Å². The maximum absolute atomic E-state index is 6.36. The maximum Gasteiger partial charge on any atom is 0.139 e. The second-order valence-electron chi connectivity index (χ2n) is 5.83. The van der Waals surface area contributed by atoms with Crippen molar-refractivity contribution < 1.29 is 9.47 Å². The number of nitrogens with zero attached hydrogens (tertiary/aromatic N) is 2. The zero-order chi connectivity index (χ0) is 20.1. The number of hydrogen-bond acceptors (Lipinski definition) is 3. The molecule has 0 saturated carbocycles. The summed E-state index contributed by atoms with van der Waals surface area (Å²) in [5.41, 5.74) is 0.826. The van der Waals surface area contributed by atoms with Crippen molar-refractivity contribution >= 4 is 58.0 Å². The Bertz CT molecular complexity index is 934. The van der Waals surface area contributed by atoms with E-state index in [1.54, 1.807) is 30.7 Å². The minimum absolute atomic E-state index is 0.267. The molecule has 9 heteroatoms. The van der Waals surface area contributed by atoms with Crippen molar-refractivity contribution in [3.05, 3.63) is 79.7 Å². The van der Waals surface area contributed by atoms with Crippen LogP contribution in [0.4, 0.5) is 0 Å². The van der Waals surface area contributed by atoms with Gasteiger partial charge in [0.1, 0.15) is 18.5 Å². The molecule has 0 aliphatic carbocycles. The van der Waals surface area contributed by atoms with Gasteiger partial charge in [0, 0.05) is 34.1 Å². The SMILES string of the molecule is Clc1ccc(C(Cn2ccnc2)OCCOc2cc(Cl)c(Cl)cc2Cl)c(Cl)c1. The predicted octanol–water partition coefficient (Wildman–Crippen LogP) is 6.99. The van der Waals surface area contributed by atoms with E-state index in [1.807, 2.05) is 16.8 Å². The Hall–Kier alpha value is -1.14. The third kappa shape index (κ3) is 5.69. The van der Waals surface area contributed by atoms with Gasteiger partial charge in [-0.25, -0.2) is 4.98 Å². The largest absolute Gasteiger partial charge is 0.490 e. The van der Waals surface area contributed by atoms with Gasteiger partial charge in [-0.3, -0.25) is 0 Å². The lowest BCUT2D eigenvalue weighted by atomic mass is 10.1. The number of ether oxygens (including phenoxy) is 2. The number of halogens is 5. The van der Waals surface area contributed by atoms with E-state index in [0.29, 0.717) is 44.0 Å². The van der Waals surface area contributed by atoms with E-state index in [9.17, 15) is 0 Å². The Morgan fingerprint density at radius 1 is 0.893 bits per heavy atom. The van der Waals surface area contributed by atoms with Gasteiger partial charge in [-0.05, 0) is 18.2 Å². The van der Waals surface area contributed by atoms with Gasteiger partial charge < -0.3 is 14.0 Å². The molecule has 0 spiro atoms. The third-order valence-electron chi connectivity index (χ3n) is 3.88. The van der Waals surface area contributed by atoms with Crippen molar-refractivity contribution in [3.8, 4) is 5.75 Å². The Balaban J connectivity index is 1.65. The lowest BCUT2D eigenvalue weighted by Gasteiger charge is -2.20. The molecule has 0 saturated heterocycles. The average molecular weight is 481 g/mol. The molecular weight excluding hydrogens is 465 g/mol. The molecule has 2 aromatic carbocycles. The fourth-order valence-electron chi connectivity index (χ4n) is 2.55. The van der Waals surface area contributed by atoms with Crippen LogP contribution in [-0.2, 0) is 11.3 Å². The molecule has 4 nitrogen and oxygen atoms in total. The van der Waals surface area contributed by atoms with Crippen molar-refractivity contribution in [2.24, 2.45) is 0 Å². The lowest BCUT2D eigenvalue weighted by Crippen LogP contribution is -2.16. The molecule has 1 heterocycles. The van der Waals surface area contributed by atoms with E-state index in [2.05, 4.69) is 4.98 Å². The summed E-state index contributed by atoms with van der Waals surface area (Å²) in [6, 6.07) is 8.43. The summed E-state index contributed by atoms with van der Waals surface area (Å²) in [5, 5.41) is 2.21. The quantitative estimate of drug-likeness (QED) is 0.258. The monoisotopic (exact) mass is 478 g/mol. The van der Waals surface area contributed by atoms with Gasteiger partial charge in [0.25, 0.3) is 0 Å². The molecule has 1 aromatic heterocycles. The highest BCUT2D eigenvalue weighted by Crippen LogP contribution is 2.34. The average Bonchev–Trinajstić information content (AvgIpc) is 3.15. The summed E-state index contributed by atoms with van der Waals surface area (Å²) in [4.78, 5) is 4.06. The van der Waals surface area contributed by atoms with Gasteiger partial charge >= 0.3 is 0 Å². The van der Waals surface area contributed by atoms with Crippen LogP contribution in [0.3, 0.4) is 0 Å². The molecule has 28 heavy (non-hydrogen) atoms. The van der Waals surface area contributed by atoms with Crippen LogP contribution in [0, 0.1) is 0 Å². The van der Waals surface area contributed by atoms with Crippen molar-refractivity contribution in [1.82, 2.24) is 9.55 Å². The van der Waals surface area contributed by atoms with Crippen LogP contribution >= 0.6 is 58.0 Å². The van der Waals surface area contributed by atoms with Crippen LogP contribution in [0.2, 0.25) is 25.1 Å². The van der Waals surface area contributed by atoms with Gasteiger partial charge in [-0.1, -0.05) is 64.1 Å². The molecule has 0 fully saturated rings. The molecule has 0 N–H and O–H groups in total. The van der Waals surface area contributed by atoms with E-state index in [1.165, 1.54) is 6.07 Å². The normalized spacial score (nSPS) is 12.2. The lowest BCUT2D eigenvalue weighted by molar-refractivity contribution is 0.0227. The molecule has 0 aliphatic rings. The van der Waals surface area contributed by atoms with Crippen molar-refractivity contribution in [2.75, 3.05) is 13.2 Å². The van der Waals surface area contributed by atoms with Crippen LogP contribution < -0.4 is 4.74 Å². The zero-order valence-electron chi connectivity index (χ0n) is 14.4. The van der Waals surface area contributed by atoms with Crippen LogP contribution in [0.15, 0.2) is 49.1 Å². The minimum atomic E-state index is -0.313. The zero-order valence-corrected chi connectivity index (χ0v) is 18.2. The van der Waals surface area contributed by atoms with E-state index in [-0.39, 0.29) is 12.7 Å². The molecule has 1 unspecified atom stereocenters. The molecule has 148 valence electrons. The molecule has 0 amide bonds. The highest BCUT2D eigenvalue weighted by atomic mass is 35.5. The predicted molar refractivity (Wildman–Crippen MR) is 114 cm³/mol. The highest BCUT2D eigenvalue weighted by molar-refractivity contribution is 6.43. The summed E-state index contributed by atoms with van der Waals surface area (Å²) >= 11 is 30.4. The molecule has 3 aromatic rings. The minimum Gasteiger partial charge on any atom is -0.490 e. The Kier molecular flexibility index (Phi) is 7.75. The Morgan fingerprint density at radius 2 is 1.68 bits per heavy atom. The molecule has 0 radical (unpaired) electrons. The van der Waals surface area contributed by atoms with Crippen LogP contribution in [0.25, 0.3) is 0 Å². The van der Waals surface area contributed by atoms with Gasteiger partial charge in [-0.15, -0.1) is 0 Å². The first-order chi connectivity index (χ1) is 13.4. The maximum atomic E-state index is 6.36. The Morgan fingerprint density at radius 3 is 2.39 bits per heavy atom. The van der Waals surface area contributed by atoms with Gasteiger partial charge in [-0.2, -0.15) is 0 Å². The topological polar surface area (TPSA) is 36.3 Å². The second kappa shape index (κ2) is 10.1. The standard InChI is InChI=1S/C19H15Cl5N2O2/c20-12-1-2-13(14(21)7-12)19(10-26-4-3-25-11-26)28-6-5-27-18-9-16(23)15(22)8-17(18)24/h1-4,7-9,11,19H,5-6,10H2. The van der Waals surface area contributed by atoms with E-state index < -0.39 is 0 Å². The van der Waals surface area contributed by atoms with Crippen molar-refractivity contribution in [3.63, 3.8) is 0 Å². The van der Waals surface area contributed by atoms with Gasteiger partial charge in [0.05, 0.1) is 34.5 Å². The van der Waals surface area contributed by atoms with Crippen LogP contribution in [0.5, 0.6) is 5.75 Å². The summed E-state index contributed by atoms with van der Waals surface area (Å²) in [6.07, 6.45) is 4.96. The summed E-state index contributed by atoms with van der Waals surface area (Å²) in [5.74, 6) is 0.440. The molecular formula is C19H15Cl5N2O2. The smallest absolute Gasteiger partial charge is 0.139 e. The molecule has 0 aliphatic heterocycles.